The van der Waals surface area contributed by atoms with E-state index in [1.165, 1.54) is 0 Å². The number of ether oxygens (including phenoxy) is 1. The lowest BCUT2D eigenvalue weighted by Crippen LogP contribution is -2.36. The zero-order valence-corrected chi connectivity index (χ0v) is 13.9. The number of hydrogen-bond donors (Lipinski definition) is 1. The predicted molar refractivity (Wildman–Crippen MR) is 80.6 cm³/mol. The van der Waals surface area contributed by atoms with Crippen molar-refractivity contribution in [1.29, 1.82) is 0 Å². The van der Waals surface area contributed by atoms with E-state index in [1.54, 1.807) is 19.1 Å². The summed E-state index contributed by atoms with van der Waals surface area (Å²) < 4.78 is 6.86. The topological polar surface area (TPSA) is 55.4 Å². The number of benzene rings is 1. The van der Waals surface area contributed by atoms with Crippen LogP contribution in [0.15, 0.2) is 21.1 Å². The summed E-state index contributed by atoms with van der Waals surface area (Å²) in [6.07, 6.45) is 1.01. The summed E-state index contributed by atoms with van der Waals surface area (Å²) in [5.41, 5.74) is 0.522. The molecule has 1 N–H and O–H groups in total. The lowest BCUT2D eigenvalue weighted by atomic mass is 10.2. The lowest BCUT2D eigenvalue weighted by Gasteiger charge is -2.17. The van der Waals surface area contributed by atoms with Crippen molar-refractivity contribution in [3.05, 3.63) is 26.6 Å². The standard InChI is InChI=1S/C13H15Br2NO3/c1-3-4-16-13(18)8(2)19-12-10(14)5-9(7-17)6-11(12)15/h5-8H,3-4H2,1-2H3,(H,16,18). The Balaban J connectivity index is 2.82. The van der Waals surface area contributed by atoms with Gasteiger partial charge in [-0.25, -0.2) is 0 Å². The Morgan fingerprint density at radius 2 is 2.00 bits per heavy atom. The fraction of sp³-hybridized carbons (Fsp3) is 0.385. The fourth-order valence-electron chi connectivity index (χ4n) is 1.38. The molecule has 0 fully saturated rings. The molecule has 1 amide bonds. The van der Waals surface area contributed by atoms with Crippen LogP contribution in [0.3, 0.4) is 0 Å². The SMILES string of the molecule is CCCNC(=O)C(C)Oc1c(Br)cc(C=O)cc1Br. The van der Waals surface area contributed by atoms with Crippen LogP contribution in [0.1, 0.15) is 30.6 Å². The second-order valence-electron chi connectivity index (χ2n) is 3.98. The first-order valence-electron chi connectivity index (χ1n) is 5.88. The molecular weight excluding hydrogens is 378 g/mol. The van der Waals surface area contributed by atoms with Crippen molar-refractivity contribution in [3.63, 3.8) is 0 Å². The Morgan fingerprint density at radius 3 is 2.47 bits per heavy atom. The van der Waals surface area contributed by atoms with Gasteiger partial charge in [-0.1, -0.05) is 6.92 Å². The predicted octanol–water partition coefficient (Wildman–Crippen LogP) is 3.32. The Labute approximate surface area is 129 Å². The van der Waals surface area contributed by atoms with E-state index in [1.807, 2.05) is 6.92 Å². The second-order valence-corrected chi connectivity index (χ2v) is 5.69. The van der Waals surface area contributed by atoms with Gasteiger partial charge >= 0.3 is 0 Å². The molecule has 0 saturated heterocycles. The third-order valence-electron chi connectivity index (χ3n) is 2.37. The molecule has 1 rings (SSSR count). The van der Waals surface area contributed by atoms with Gasteiger partial charge in [-0.2, -0.15) is 0 Å². The number of hydrogen-bond acceptors (Lipinski definition) is 3. The molecule has 0 spiro atoms. The highest BCUT2D eigenvalue weighted by molar-refractivity contribution is 9.11. The number of halogens is 2. The summed E-state index contributed by atoms with van der Waals surface area (Å²) in [6, 6.07) is 3.29. The molecule has 0 aromatic heterocycles. The first-order chi connectivity index (χ1) is 8.99. The minimum atomic E-state index is -0.610. The molecule has 4 nitrogen and oxygen atoms in total. The molecule has 0 heterocycles. The van der Waals surface area contributed by atoms with Crippen LogP contribution in [0.2, 0.25) is 0 Å². The molecule has 1 aromatic carbocycles. The van der Waals surface area contributed by atoms with Crippen LogP contribution in [-0.2, 0) is 4.79 Å². The van der Waals surface area contributed by atoms with E-state index >= 15 is 0 Å². The van der Waals surface area contributed by atoms with E-state index in [4.69, 9.17) is 4.74 Å². The fourth-order valence-corrected chi connectivity index (χ4v) is 2.79. The van der Waals surface area contributed by atoms with Gasteiger partial charge in [0.1, 0.15) is 12.0 Å². The second kappa shape index (κ2) is 7.65. The van der Waals surface area contributed by atoms with Gasteiger partial charge in [0.25, 0.3) is 5.91 Å². The maximum absolute atomic E-state index is 11.7. The first kappa shape index (κ1) is 16.2. The molecule has 6 heteroatoms. The summed E-state index contributed by atoms with van der Waals surface area (Å²) in [5.74, 6) is 0.338. The van der Waals surface area contributed by atoms with E-state index in [-0.39, 0.29) is 5.91 Å². The average Bonchev–Trinajstić information content (AvgIpc) is 2.39. The Kier molecular flexibility index (Phi) is 6.51. The summed E-state index contributed by atoms with van der Waals surface area (Å²) >= 11 is 6.65. The van der Waals surface area contributed by atoms with E-state index in [0.717, 1.165) is 12.7 Å². The molecule has 0 aliphatic carbocycles. The van der Waals surface area contributed by atoms with Crippen molar-refractivity contribution in [3.8, 4) is 5.75 Å². The normalized spacial score (nSPS) is 11.8. The maximum atomic E-state index is 11.7. The highest BCUT2D eigenvalue weighted by Crippen LogP contribution is 2.35. The van der Waals surface area contributed by atoms with Crippen LogP contribution in [0.4, 0.5) is 0 Å². The van der Waals surface area contributed by atoms with E-state index in [2.05, 4.69) is 37.2 Å². The molecule has 0 aliphatic rings. The molecule has 0 aliphatic heterocycles. The summed E-state index contributed by atoms with van der Waals surface area (Å²) in [6.45, 7) is 4.29. The molecule has 19 heavy (non-hydrogen) atoms. The molecule has 1 unspecified atom stereocenters. The third-order valence-corrected chi connectivity index (χ3v) is 3.55. The van der Waals surface area contributed by atoms with Crippen molar-refractivity contribution in [2.75, 3.05) is 6.54 Å². The number of carbonyl (C=O) groups is 2. The number of aldehydes is 1. The third kappa shape index (κ3) is 4.62. The number of amides is 1. The summed E-state index contributed by atoms with van der Waals surface area (Å²) in [7, 11) is 0. The van der Waals surface area contributed by atoms with E-state index in [9.17, 15) is 9.59 Å². The minimum Gasteiger partial charge on any atom is -0.479 e. The monoisotopic (exact) mass is 391 g/mol. The number of carbonyl (C=O) groups excluding carboxylic acids is 2. The zero-order chi connectivity index (χ0) is 14.4. The smallest absolute Gasteiger partial charge is 0.260 e. The average molecular weight is 393 g/mol. The van der Waals surface area contributed by atoms with Crippen molar-refractivity contribution < 1.29 is 14.3 Å². The molecular formula is C13H15Br2NO3. The van der Waals surface area contributed by atoms with Crippen LogP contribution in [0.25, 0.3) is 0 Å². The Hall–Kier alpha value is -0.880. The maximum Gasteiger partial charge on any atom is 0.260 e. The van der Waals surface area contributed by atoms with Gasteiger partial charge in [0.15, 0.2) is 6.10 Å². The summed E-state index contributed by atoms with van der Waals surface area (Å²) in [5, 5.41) is 2.76. The van der Waals surface area contributed by atoms with Crippen molar-refractivity contribution in [2.45, 2.75) is 26.4 Å². The largest absolute Gasteiger partial charge is 0.479 e. The first-order valence-corrected chi connectivity index (χ1v) is 7.46. The number of nitrogens with one attached hydrogen (secondary N) is 1. The Morgan fingerprint density at radius 1 is 1.42 bits per heavy atom. The van der Waals surface area contributed by atoms with Crippen molar-refractivity contribution in [1.82, 2.24) is 5.32 Å². The van der Waals surface area contributed by atoms with Gasteiger partial charge in [0.05, 0.1) is 8.95 Å². The molecule has 1 aromatic rings. The van der Waals surface area contributed by atoms with Crippen LogP contribution in [-0.4, -0.2) is 24.8 Å². The zero-order valence-electron chi connectivity index (χ0n) is 10.7. The van der Waals surface area contributed by atoms with Crippen LogP contribution < -0.4 is 10.1 Å². The van der Waals surface area contributed by atoms with Gasteiger partial charge in [-0.05, 0) is 57.3 Å². The minimum absolute atomic E-state index is 0.167. The van der Waals surface area contributed by atoms with E-state index in [0.29, 0.717) is 26.8 Å². The van der Waals surface area contributed by atoms with Crippen molar-refractivity contribution >= 4 is 44.1 Å². The van der Waals surface area contributed by atoms with Gasteiger partial charge in [-0.15, -0.1) is 0 Å². The van der Waals surface area contributed by atoms with E-state index < -0.39 is 6.10 Å². The molecule has 0 saturated carbocycles. The molecule has 1 atom stereocenters. The Bertz CT molecular complexity index is 454. The van der Waals surface area contributed by atoms with Gasteiger partial charge in [0.2, 0.25) is 0 Å². The highest BCUT2D eigenvalue weighted by atomic mass is 79.9. The van der Waals surface area contributed by atoms with Crippen molar-refractivity contribution in [2.24, 2.45) is 0 Å². The molecule has 104 valence electrons. The van der Waals surface area contributed by atoms with Gasteiger partial charge in [-0.3, -0.25) is 9.59 Å². The molecule has 0 radical (unpaired) electrons. The van der Waals surface area contributed by atoms with Gasteiger partial charge in [0, 0.05) is 12.1 Å². The van der Waals surface area contributed by atoms with Crippen LogP contribution >= 0.6 is 31.9 Å². The van der Waals surface area contributed by atoms with Crippen LogP contribution in [0.5, 0.6) is 5.75 Å². The van der Waals surface area contributed by atoms with Gasteiger partial charge < -0.3 is 10.1 Å². The number of rotatable bonds is 6. The summed E-state index contributed by atoms with van der Waals surface area (Å²) in [4.78, 5) is 22.5. The highest BCUT2D eigenvalue weighted by Gasteiger charge is 2.17. The van der Waals surface area contributed by atoms with Crippen LogP contribution in [0, 0.1) is 0 Å². The lowest BCUT2D eigenvalue weighted by molar-refractivity contribution is -0.127. The quantitative estimate of drug-likeness (QED) is 0.755. The molecule has 0 bridgehead atoms.